The Hall–Kier alpha value is -2.04. The van der Waals surface area contributed by atoms with Crippen LogP contribution in [0.15, 0.2) is 48.5 Å². The Labute approximate surface area is 144 Å². The van der Waals surface area contributed by atoms with Crippen molar-refractivity contribution in [2.45, 2.75) is 31.5 Å². The van der Waals surface area contributed by atoms with Gasteiger partial charge < -0.3 is 20.1 Å². The van der Waals surface area contributed by atoms with Crippen LogP contribution in [0.5, 0.6) is 11.5 Å². The van der Waals surface area contributed by atoms with Crippen molar-refractivity contribution in [1.29, 1.82) is 0 Å². The first-order chi connectivity index (χ1) is 11.8. The van der Waals surface area contributed by atoms with Gasteiger partial charge in [0.2, 0.25) is 0 Å². The third-order valence-corrected chi connectivity index (χ3v) is 4.68. The van der Waals surface area contributed by atoms with Gasteiger partial charge in [-0.25, -0.2) is 0 Å². The molecular formula is C20H26N2O2. The summed E-state index contributed by atoms with van der Waals surface area (Å²) in [5.74, 6) is 1.88. The van der Waals surface area contributed by atoms with E-state index in [0.717, 1.165) is 31.0 Å². The summed E-state index contributed by atoms with van der Waals surface area (Å²) >= 11 is 0. The molecule has 0 radical (unpaired) electrons. The molecule has 2 atom stereocenters. The molecule has 2 aromatic rings. The minimum atomic E-state index is 0.254. The molecule has 3 rings (SSSR count). The molecule has 0 aliphatic carbocycles. The Morgan fingerprint density at radius 3 is 2.50 bits per heavy atom. The summed E-state index contributed by atoms with van der Waals surface area (Å²) in [6.45, 7) is 1.83. The number of hydrogen-bond acceptors (Lipinski definition) is 4. The zero-order valence-electron chi connectivity index (χ0n) is 14.4. The molecule has 2 N–H and O–H groups in total. The molecule has 1 heterocycles. The summed E-state index contributed by atoms with van der Waals surface area (Å²) in [6, 6.07) is 17.1. The first kappa shape index (κ1) is 16.8. The molecule has 4 heteroatoms. The largest absolute Gasteiger partial charge is 0.496 e. The maximum absolute atomic E-state index is 5.56. The quantitative estimate of drug-likeness (QED) is 0.855. The molecule has 0 saturated carbocycles. The smallest absolute Gasteiger partial charge is 0.123 e. The predicted octanol–water partition coefficient (Wildman–Crippen LogP) is 3.29. The van der Waals surface area contributed by atoms with Crippen LogP contribution in [0.3, 0.4) is 0 Å². The highest BCUT2D eigenvalue weighted by Crippen LogP contribution is 2.31. The number of piperidine rings is 1. The zero-order valence-corrected chi connectivity index (χ0v) is 14.4. The summed E-state index contributed by atoms with van der Waals surface area (Å²) in [6.07, 6.45) is 2.32. The van der Waals surface area contributed by atoms with Crippen molar-refractivity contribution in [3.05, 3.63) is 59.7 Å². The molecule has 0 aromatic heterocycles. The molecule has 4 nitrogen and oxygen atoms in total. The van der Waals surface area contributed by atoms with E-state index in [2.05, 4.69) is 34.9 Å². The molecular weight excluding hydrogens is 300 g/mol. The highest BCUT2D eigenvalue weighted by atomic mass is 16.5. The number of para-hydroxylation sites is 2. The molecule has 0 spiro atoms. The van der Waals surface area contributed by atoms with Gasteiger partial charge in [0.05, 0.1) is 20.3 Å². The van der Waals surface area contributed by atoms with Crippen LogP contribution in [-0.2, 0) is 6.54 Å². The van der Waals surface area contributed by atoms with Crippen LogP contribution in [0.1, 0.15) is 30.0 Å². The van der Waals surface area contributed by atoms with Crippen molar-refractivity contribution in [1.82, 2.24) is 10.6 Å². The fraction of sp³-hybridized carbons (Fsp3) is 0.400. The third-order valence-electron chi connectivity index (χ3n) is 4.68. The van der Waals surface area contributed by atoms with Gasteiger partial charge in [-0.2, -0.15) is 0 Å². The van der Waals surface area contributed by atoms with Crippen LogP contribution in [-0.4, -0.2) is 26.8 Å². The van der Waals surface area contributed by atoms with Crippen LogP contribution >= 0.6 is 0 Å². The Bertz CT molecular complexity index is 660. The highest BCUT2D eigenvalue weighted by Gasteiger charge is 2.28. The van der Waals surface area contributed by atoms with Gasteiger partial charge in [0.15, 0.2) is 0 Å². The molecule has 1 aliphatic heterocycles. The summed E-state index contributed by atoms with van der Waals surface area (Å²) in [4.78, 5) is 0. The fourth-order valence-corrected chi connectivity index (χ4v) is 3.45. The Morgan fingerprint density at radius 2 is 1.71 bits per heavy atom. The second-order valence-electron chi connectivity index (χ2n) is 6.12. The van der Waals surface area contributed by atoms with Crippen molar-refractivity contribution in [3.8, 4) is 11.5 Å². The molecule has 0 bridgehead atoms. The molecule has 2 aromatic carbocycles. The van der Waals surface area contributed by atoms with E-state index in [1.54, 1.807) is 14.2 Å². The van der Waals surface area contributed by atoms with Gasteiger partial charge in [0.25, 0.3) is 0 Å². The fourth-order valence-electron chi connectivity index (χ4n) is 3.45. The zero-order chi connectivity index (χ0) is 16.8. The van der Waals surface area contributed by atoms with E-state index in [9.17, 15) is 0 Å². The van der Waals surface area contributed by atoms with Crippen LogP contribution in [0.4, 0.5) is 0 Å². The van der Waals surface area contributed by atoms with Crippen LogP contribution in [0, 0.1) is 0 Å². The Balaban J connectivity index is 1.75. The number of rotatable bonds is 6. The van der Waals surface area contributed by atoms with E-state index in [1.807, 2.05) is 24.3 Å². The molecule has 1 fully saturated rings. The SMILES string of the molecule is COc1ccccc1CN[C@H]1CCCN[C@H]1c1ccccc1OC. The third kappa shape index (κ3) is 3.71. The number of nitrogens with one attached hydrogen (secondary N) is 2. The predicted molar refractivity (Wildman–Crippen MR) is 96.6 cm³/mol. The van der Waals surface area contributed by atoms with Gasteiger partial charge in [-0.05, 0) is 31.5 Å². The number of ether oxygens (including phenoxy) is 2. The van der Waals surface area contributed by atoms with E-state index in [-0.39, 0.29) is 6.04 Å². The van der Waals surface area contributed by atoms with E-state index < -0.39 is 0 Å². The lowest BCUT2D eigenvalue weighted by Gasteiger charge is -2.34. The molecule has 0 unspecified atom stereocenters. The standard InChI is InChI=1S/C20H26N2O2/c1-23-18-11-5-3-8-15(18)14-22-17-10-7-13-21-20(17)16-9-4-6-12-19(16)24-2/h3-6,8-9,11-12,17,20-22H,7,10,13-14H2,1-2H3/t17-,20-/m0/s1. The van der Waals surface area contributed by atoms with Crippen molar-refractivity contribution in [3.63, 3.8) is 0 Å². The van der Waals surface area contributed by atoms with Gasteiger partial charge in [-0.1, -0.05) is 36.4 Å². The maximum Gasteiger partial charge on any atom is 0.123 e. The second-order valence-corrected chi connectivity index (χ2v) is 6.12. The number of hydrogen-bond donors (Lipinski definition) is 2. The lowest BCUT2D eigenvalue weighted by Crippen LogP contribution is -2.45. The summed E-state index contributed by atoms with van der Waals surface area (Å²) in [5, 5.41) is 7.37. The first-order valence-corrected chi connectivity index (χ1v) is 8.55. The first-order valence-electron chi connectivity index (χ1n) is 8.55. The van der Waals surface area contributed by atoms with Crippen molar-refractivity contribution in [2.24, 2.45) is 0 Å². The summed E-state index contributed by atoms with van der Waals surface area (Å²) in [7, 11) is 3.46. The average molecular weight is 326 g/mol. The van der Waals surface area contributed by atoms with Gasteiger partial charge >= 0.3 is 0 Å². The number of benzene rings is 2. The van der Waals surface area contributed by atoms with E-state index in [1.165, 1.54) is 17.5 Å². The minimum absolute atomic E-state index is 0.254. The normalized spacial score (nSPS) is 20.6. The Morgan fingerprint density at radius 1 is 1.00 bits per heavy atom. The minimum Gasteiger partial charge on any atom is -0.496 e. The van der Waals surface area contributed by atoms with E-state index in [4.69, 9.17) is 9.47 Å². The Kier molecular flexibility index (Phi) is 5.72. The lowest BCUT2D eigenvalue weighted by molar-refractivity contribution is 0.294. The van der Waals surface area contributed by atoms with Crippen LogP contribution < -0.4 is 20.1 Å². The highest BCUT2D eigenvalue weighted by molar-refractivity contribution is 5.37. The monoisotopic (exact) mass is 326 g/mol. The maximum atomic E-state index is 5.56. The molecule has 1 saturated heterocycles. The average Bonchev–Trinajstić information content (AvgIpc) is 2.66. The second kappa shape index (κ2) is 8.18. The van der Waals surface area contributed by atoms with E-state index >= 15 is 0 Å². The topological polar surface area (TPSA) is 42.5 Å². The molecule has 0 amide bonds. The number of methoxy groups -OCH3 is 2. The molecule has 24 heavy (non-hydrogen) atoms. The van der Waals surface area contributed by atoms with Crippen LogP contribution in [0.25, 0.3) is 0 Å². The van der Waals surface area contributed by atoms with Crippen molar-refractivity contribution in [2.75, 3.05) is 20.8 Å². The van der Waals surface area contributed by atoms with Gasteiger partial charge in [-0.3, -0.25) is 0 Å². The van der Waals surface area contributed by atoms with E-state index in [0.29, 0.717) is 6.04 Å². The van der Waals surface area contributed by atoms with Crippen LogP contribution in [0.2, 0.25) is 0 Å². The summed E-state index contributed by atoms with van der Waals surface area (Å²) in [5.41, 5.74) is 2.40. The summed E-state index contributed by atoms with van der Waals surface area (Å²) < 4.78 is 11.0. The molecule has 1 aliphatic rings. The van der Waals surface area contributed by atoms with Gasteiger partial charge in [0, 0.05) is 23.7 Å². The molecule has 128 valence electrons. The lowest BCUT2D eigenvalue weighted by atomic mass is 9.91. The van der Waals surface area contributed by atoms with Crippen molar-refractivity contribution < 1.29 is 9.47 Å². The van der Waals surface area contributed by atoms with Gasteiger partial charge in [0.1, 0.15) is 11.5 Å². The van der Waals surface area contributed by atoms with Crippen molar-refractivity contribution >= 4 is 0 Å². The van der Waals surface area contributed by atoms with Gasteiger partial charge in [-0.15, -0.1) is 0 Å².